The zero-order valence-electron chi connectivity index (χ0n) is 14.5. The Labute approximate surface area is 145 Å². The molecule has 0 aromatic carbocycles. The lowest BCUT2D eigenvalue weighted by Gasteiger charge is -2.31. The lowest BCUT2D eigenvalue weighted by Crippen LogP contribution is -2.37. The minimum atomic E-state index is -0.155. The molecule has 2 aromatic heterocycles. The maximum absolute atomic E-state index is 12.5. The SMILES string of the molecule is CNC(=O)c1cc(C2CC2)nc2onc(C3CCCN(C(C)=O)C3)c12. The van der Waals surface area contributed by atoms with Crippen molar-refractivity contribution in [1.29, 1.82) is 0 Å². The van der Waals surface area contributed by atoms with Crippen LogP contribution in [0.3, 0.4) is 0 Å². The number of carbonyl (C=O) groups is 2. The van der Waals surface area contributed by atoms with Gasteiger partial charge in [0.05, 0.1) is 16.6 Å². The number of likely N-dealkylation sites (tertiary alicyclic amines) is 1. The molecule has 7 heteroatoms. The minimum absolute atomic E-state index is 0.0656. The summed E-state index contributed by atoms with van der Waals surface area (Å²) in [7, 11) is 1.62. The average molecular weight is 342 g/mol. The van der Waals surface area contributed by atoms with E-state index in [1.807, 2.05) is 11.0 Å². The molecule has 1 atom stereocenters. The number of amides is 2. The second kappa shape index (κ2) is 6.13. The van der Waals surface area contributed by atoms with E-state index in [2.05, 4.69) is 15.5 Å². The molecule has 3 heterocycles. The number of carbonyl (C=O) groups excluding carboxylic acids is 2. The second-order valence-electron chi connectivity index (χ2n) is 7.00. The molecule has 2 aromatic rings. The molecule has 0 radical (unpaired) electrons. The van der Waals surface area contributed by atoms with Crippen LogP contribution in [0.15, 0.2) is 10.6 Å². The Morgan fingerprint density at radius 3 is 2.76 bits per heavy atom. The number of rotatable bonds is 3. The van der Waals surface area contributed by atoms with Crippen LogP contribution in [0.1, 0.15) is 66.2 Å². The molecular formula is C18H22N4O3. The zero-order valence-corrected chi connectivity index (χ0v) is 14.5. The van der Waals surface area contributed by atoms with Crippen molar-refractivity contribution < 1.29 is 14.1 Å². The highest BCUT2D eigenvalue weighted by molar-refractivity contribution is 6.06. The standard InChI is InChI=1S/C18H22N4O3/c1-10(23)22-7-3-4-12(9-22)16-15-13(17(24)19-2)8-14(11-5-6-11)20-18(15)25-21-16/h8,11-12H,3-7,9H2,1-2H3,(H,19,24). The summed E-state index contributed by atoms with van der Waals surface area (Å²) in [5.41, 5.74) is 2.65. The fraction of sp³-hybridized carbons (Fsp3) is 0.556. The van der Waals surface area contributed by atoms with Gasteiger partial charge < -0.3 is 14.7 Å². The van der Waals surface area contributed by atoms with Gasteiger partial charge in [-0.2, -0.15) is 0 Å². The Morgan fingerprint density at radius 1 is 1.28 bits per heavy atom. The highest BCUT2D eigenvalue weighted by atomic mass is 16.5. The first kappa shape index (κ1) is 16.1. The van der Waals surface area contributed by atoms with Gasteiger partial charge in [0.1, 0.15) is 0 Å². The number of fused-ring (bicyclic) bond motifs is 1. The van der Waals surface area contributed by atoms with Crippen molar-refractivity contribution in [3.05, 3.63) is 23.0 Å². The van der Waals surface area contributed by atoms with E-state index in [4.69, 9.17) is 4.52 Å². The van der Waals surface area contributed by atoms with Gasteiger partial charge in [-0.15, -0.1) is 0 Å². The number of pyridine rings is 1. The Kier molecular flexibility index (Phi) is 3.94. The first-order valence-electron chi connectivity index (χ1n) is 8.86. The molecule has 1 saturated heterocycles. The average Bonchev–Trinajstić information content (AvgIpc) is 3.39. The molecule has 0 bridgehead atoms. The van der Waals surface area contributed by atoms with Crippen LogP contribution in [0.4, 0.5) is 0 Å². The summed E-state index contributed by atoms with van der Waals surface area (Å²) < 4.78 is 5.51. The maximum Gasteiger partial charge on any atom is 0.259 e. The number of nitrogens with one attached hydrogen (secondary N) is 1. The highest BCUT2D eigenvalue weighted by Crippen LogP contribution is 2.41. The predicted molar refractivity (Wildman–Crippen MR) is 91.4 cm³/mol. The van der Waals surface area contributed by atoms with Gasteiger partial charge in [-0.05, 0) is 31.7 Å². The van der Waals surface area contributed by atoms with Crippen LogP contribution in [0.5, 0.6) is 0 Å². The minimum Gasteiger partial charge on any atom is -0.355 e. The van der Waals surface area contributed by atoms with Gasteiger partial charge in [0.25, 0.3) is 11.6 Å². The topological polar surface area (TPSA) is 88.3 Å². The molecule has 2 fully saturated rings. The first-order chi connectivity index (χ1) is 12.1. The molecular weight excluding hydrogens is 320 g/mol. The van der Waals surface area contributed by atoms with Crippen molar-refractivity contribution in [2.75, 3.05) is 20.1 Å². The van der Waals surface area contributed by atoms with E-state index in [0.717, 1.165) is 43.6 Å². The quantitative estimate of drug-likeness (QED) is 0.924. The van der Waals surface area contributed by atoms with Crippen LogP contribution in [-0.2, 0) is 4.79 Å². The largest absolute Gasteiger partial charge is 0.355 e. The molecule has 1 aliphatic heterocycles. The Hall–Kier alpha value is -2.44. The number of hydrogen-bond donors (Lipinski definition) is 1. The zero-order chi connectivity index (χ0) is 17.6. The number of hydrogen-bond acceptors (Lipinski definition) is 5. The van der Waals surface area contributed by atoms with Crippen molar-refractivity contribution >= 4 is 22.9 Å². The third kappa shape index (κ3) is 2.88. The highest BCUT2D eigenvalue weighted by Gasteiger charge is 2.32. The third-order valence-electron chi connectivity index (χ3n) is 5.21. The van der Waals surface area contributed by atoms with Crippen LogP contribution >= 0.6 is 0 Å². The van der Waals surface area contributed by atoms with Gasteiger partial charge in [-0.3, -0.25) is 9.59 Å². The van der Waals surface area contributed by atoms with Gasteiger partial charge in [0.2, 0.25) is 5.91 Å². The van der Waals surface area contributed by atoms with Crippen molar-refractivity contribution in [2.24, 2.45) is 0 Å². The Balaban J connectivity index is 1.79. The molecule has 7 nitrogen and oxygen atoms in total. The van der Waals surface area contributed by atoms with E-state index in [-0.39, 0.29) is 17.7 Å². The van der Waals surface area contributed by atoms with E-state index in [1.54, 1.807) is 14.0 Å². The van der Waals surface area contributed by atoms with Crippen molar-refractivity contribution in [2.45, 2.75) is 44.4 Å². The van der Waals surface area contributed by atoms with Crippen LogP contribution < -0.4 is 5.32 Å². The predicted octanol–water partition coefficient (Wildman–Crippen LogP) is 2.19. The van der Waals surface area contributed by atoms with Crippen molar-refractivity contribution in [3.8, 4) is 0 Å². The normalized spacial score (nSPS) is 20.7. The lowest BCUT2D eigenvalue weighted by molar-refractivity contribution is -0.130. The molecule has 1 N–H and O–H groups in total. The summed E-state index contributed by atoms with van der Waals surface area (Å²) in [6.45, 7) is 2.96. The van der Waals surface area contributed by atoms with Gasteiger partial charge in [-0.25, -0.2) is 4.98 Å². The summed E-state index contributed by atoms with van der Waals surface area (Å²) in [5.74, 6) is 0.399. The molecule has 25 heavy (non-hydrogen) atoms. The molecule has 2 aliphatic rings. The fourth-order valence-electron chi connectivity index (χ4n) is 3.66. The fourth-order valence-corrected chi connectivity index (χ4v) is 3.66. The van der Waals surface area contributed by atoms with Crippen molar-refractivity contribution in [3.63, 3.8) is 0 Å². The third-order valence-corrected chi connectivity index (χ3v) is 5.21. The van der Waals surface area contributed by atoms with E-state index in [0.29, 0.717) is 29.1 Å². The van der Waals surface area contributed by atoms with Crippen LogP contribution in [-0.4, -0.2) is 47.0 Å². The van der Waals surface area contributed by atoms with Gasteiger partial charge in [-0.1, -0.05) is 5.16 Å². The number of aromatic nitrogens is 2. The van der Waals surface area contributed by atoms with Gasteiger partial charge in [0, 0.05) is 44.6 Å². The molecule has 4 rings (SSSR count). The van der Waals surface area contributed by atoms with Crippen LogP contribution in [0.25, 0.3) is 11.1 Å². The van der Waals surface area contributed by atoms with Crippen LogP contribution in [0, 0.1) is 0 Å². The molecule has 1 aliphatic carbocycles. The Bertz CT molecular complexity index is 840. The maximum atomic E-state index is 12.5. The first-order valence-corrected chi connectivity index (χ1v) is 8.86. The second-order valence-corrected chi connectivity index (χ2v) is 7.00. The number of piperidine rings is 1. The summed E-state index contributed by atoms with van der Waals surface area (Å²) in [5, 5.41) is 7.66. The van der Waals surface area contributed by atoms with Crippen molar-refractivity contribution in [1.82, 2.24) is 20.4 Å². The molecule has 1 saturated carbocycles. The number of nitrogens with zero attached hydrogens (tertiary/aromatic N) is 3. The van der Waals surface area contributed by atoms with Gasteiger partial charge in [0.15, 0.2) is 0 Å². The summed E-state index contributed by atoms with van der Waals surface area (Å²) in [6, 6.07) is 1.88. The smallest absolute Gasteiger partial charge is 0.259 e. The molecule has 2 amide bonds. The molecule has 0 spiro atoms. The van der Waals surface area contributed by atoms with E-state index < -0.39 is 0 Å². The molecule has 132 valence electrons. The van der Waals surface area contributed by atoms with Crippen LogP contribution in [0.2, 0.25) is 0 Å². The monoisotopic (exact) mass is 342 g/mol. The summed E-state index contributed by atoms with van der Waals surface area (Å²) >= 11 is 0. The van der Waals surface area contributed by atoms with E-state index in [1.165, 1.54) is 0 Å². The lowest BCUT2D eigenvalue weighted by atomic mass is 9.91. The van der Waals surface area contributed by atoms with E-state index in [9.17, 15) is 9.59 Å². The molecule has 1 unspecified atom stereocenters. The van der Waals surface area contributed by atoms with Gasteiger partial charge >= 0.3 is 0 Å². The van der Waals surface area contributed by atoms with E-state index >= 15 is 0 Å². The summed E-state index contributed by atoms with van der Waals surface area (Å²) in [6.07, 6.45) is 4.04. The summed E-state index contributed by atoms with van der Waals surface area (Å²) in [4.78, 5) is 30.6. The Morgan fingerprint density at radius 2 is 2.08 bits per heavy atom.